The lowest BCUT2D eigenvalue weighted by molar-refractivity contribution is -0.141. The van der Waals surface area contributed by atoms with Crippen LogP contribution in [-0.4, -0.2) is 14.7 Å². The molecular formula is C9H8NO4S-. The van der Waals surface area contributed by atoms with Gasteiger partial charge in [-0.1, -0.05) is 35.2 Å². The maximum absolute atomic E-state index is 10.9. The van der Waals surface area contributed by atoms with Crippen LogP contribution in [0.5, 0.6) is 0 Å². The lowest BCUT2D eigenvalue weighted by atomic mass is 10.2. The van der Waals surface area contributed by atoms with Crippen LogP contribution in [0.3, 0.4) is 0 Å². The predicted octanol–water partition coefficient (Wildman–Crippen LogP) is 0.542. The molecule has 0 saturated heterocycles. The summed E-state index contributed by atoms with van der Waals surface area (Å²) in [7, 11) is 0. The van der Waals surface area contributed by atoms with Crippen molar-refractivity contribution in [1.29, 1.82) is 0 Å². The maximum Gasteiger partial charge on any atom is 0.350 e. The van der Waals surface area contributed by atoms with Gasteiger partial charge >= 0.3 is 5.97 Å². The van der Waals surface area contributed by atoms with Gasteiger partial charge in [-0.05, 0) is 11.6 Å². The van der Waals surface area contributed by atoms with Gasteiger partial charge in [-0.15, -0.1) is 0 Å². The minimum atomic E-state index is -2.61. The van der Waals surface area contributed by atoms with E-state index in [1.54, 1.807) is 12.1 Å². The molecule has 6 heteroatoms. The molecule has 0 saturated carbocycles. The van der Waals surface area contributed by atoms with Gasteiger partial charge in [0.2, 0.25) is 0 Å². The van der Waals surface area contributed by atoms with Gasteiger partial charge in [-0.2, -0.15) is 0 Å². The first kappa shape index (κ1) is 11.6. The average Bonchev–Trinajstić information content (AvgIpc) is 2.25. The number of hydrogen-bond donors (Lipinski definition) is 1. The number of carbonyl (C=O) groups is 1. The third kappa shape index (κ3) is 5.06. The van der Waals surface area contributed by atoms with Gasteiger partial charge in [-0.25, -0.2) is 4.79 Å². The highest BCUT2D eigenvalue weighted by Crippen LogP contribution is 2.00. The van der Waals surface area contributed by atoms with Gasteiger partial charge < -0.3 is 9.39 Å². The molecule has 0 amide bonds. The van der Waals surface area contributed by atoms with E-state index in [9.17, 15) is 13.6 Å². The van der Waals surface area contributed by atoms with Crippen LogP contribution < -0.4 is 4.89 Å². The van der Waals surface area contributed by atoms with E-state index in [1.807, 2.05) is 18.2 Å². The molecule has 80 valence electrons. The van der Waals surface area contributed by atoms with Crippen molar-refractivity contribution in [2.45, 2.75) is 0 Å². The summed E-state index contributed by atoms with van der Waals surface area (Å²) in [4.78, 5) is 16.5. The fourth-order valence-electron chi connectivity index (χ4n) is 0.838. The fourth-order valence-corrected chi connectivity index (χ4v) is 0.988. The molecule has 0 heterocycles. The van der Waals surface area contributed by atoms with E-state index in [0.29, 0.717) is 0 Å². The van der Waals surface area contributed by atoms with Crippen molar-refractivity contribution in [2.24, 2.45) is 0 Å². The van der Waals surface area contributed by atoms with Crippen molar-refractivity contribution in [1.82, 2.24) is 4.89 Å². The van der Waals surface area contributed by atoms with E-state index in [2.05, 4.69) is 4.84 Å². The second-order valence-corrected chi connectivity index (χ2v) is 3.12. The topological polar surface area (TPSA) is 78.5 Å². The van der Waals surface area contributed by atoms with Gasteiger partial charge in [0.25, 0.3) is 0 Å². The summed E-state index contributed by atoms with van der Waals surface area (Å²) in [6.07, 6.45) is 2.63. The molecule has 0 aliphatic rings. The zero-order valence-corrected chi connectivity index (χ0v) is 8.40. The molecule has 0 aliphatic carbocycles. The molecule has 1 atom stereocenters. The lowest BCUT2D eigenvalue weighted by Gasteiger charge is -2.04. The summed E-state index contributed by atoms with van der Waals surface area (Å²) < 4.78 is 19.9. The molecule has 0 radical (unpaired) electrons. The first-order valence-corrected chi connectivity index (χ1v) is 5.05. The molecule has 0 spiro atoms. The summed E-state index contributed by atoms with van der Waals surface area (Å²) in [5, 5.41) is 0. The second-order valence-electron chi connectivity index (χ2n) is 2.48. The molecule has 1 unspecified atom stereocenters. The molecule has 1 aromatic rings. The molecule has 0 aliphatic heterocycles. The van der Waals surface area contributed by atoms with Crippen LogP contribution in [0.2, 0.25) is 0 Å². The Kier molecular flexibility index (Phi) is 4.69. The predicted molar refractivity (Wildman–Crippen MR) is 53.6 cm³/mol. The highest BCUT2D eigenvalue weighted by Gasteiger charge is 1.95. The SMILES string of the molecule is O=C(C=Cc1ccccc1)ONS(=O)[O-]. The highest BCUT2D eigenvalue weighted by molar-refractivity contribution is 7.76. The molecule has 15 heavy (non-hydrogen) atoms. The molecule has 0 aromatic heterocycles. The minimum absolute atomic E-state index is 0.789. The zero-order chi connectivity index (χ0) is 11.1. The van der Waals surface area contributed by atoms with Gasteiger partial charge in [0, 0.05) is 6.08 Å². The molecular weight excluding hydrogens is 218 g/mol. The van der Waals surface area contributed by atoms with E-state index in [1.165, 1.54) is 11.0 Å². The van der Waals surface area contributed by atoms with Crippen molar-refractivity contribution in [3.8, 4) is 0 Å². The summed E-state index contributed by atoms with van der Waals surface area (Å²) in [6, 6.07) is 9.07. The van der Waals surface area contributed by atoms with E-state index < -0.39 is 17.2 Å². The Hall–Kier alpha value is -1.50. The Morgan fingerprint density at radius 1 is 1.40 bits per heavy atom. The maximum atomic E-state index is 10.9. The summed E-state index contributed by atoms with van der Waals surface area (Å²) in [6.45, 7) is 0. The van der Waals surface area contributed by atoms with Gasteiger partial charge in [0.05, 0.1) is 11.3 Å². The van der Waals surface area contributed by atoms with Crippen LogP contribution in [0.15, 0.2) is 36.4 Å². The Balaban J connectivity index is 2.44. The number of rotatable bonds is 4. The monoisotopic (exact) mass is 226 g/mol. The largest absolute Gasteiger partial charge is 0.758 e. The van der Waals surface area contributed by atoms with Gasteiger partial charge in [0.1, 0.15) is 0 Å². The average molecular weight is 226 g/mol. The summed E-state index contributed by atoms with van der Waals surface area (Å²) >= 11 is -2.61. The Bertz CT molecular complexity index is 377. The molecule has 1 N–H and O–H groups in total. The Morgan fingerprint density at radius 3 is 2.67 bits per heavy atom. The molecule has 1 aromatic carbocycles. The number of hydrogen-bond acceptors (Lipinski definition) is 4. The lowest BCUT2D eigenvalue weighted by Crippen LogP contribution is -2.20. The first-order valence-electron chi connectivity index (χ1n) is 3.97. The van der Waals surface area contributed by atoms with E-state index in [4.69, 9.17) is 0 Å². The van der Waals surface area contributed by atoms with Gasteiger partial charge in [0.15, 0.2) is 0 Å². The number of nitrogens with one attached hydrogen (secondary N) is 1. The zero-order valence-electron chi connectivity index (χ0n) is 7.58. The van der Waals surface area contributed by atoms with E-state index in [0.717, 1.165) is 11.6 Å². The van der Waals surface area contributed by atoms with Crippen LogP contribution in [0, 0.1) is 0 Å². The molecule has 0 bridgehead atoms. The summed E-state index contributed by atoms with van der Waals surface area (Å²) in [5.74, 6) is -0.789. The Morgan fingerprint density at radius 2 is 2.07 bits per heavy atom. The van der Waals surface area contributed by atoms with E-state index in [-0.39, 0.29) is 0 Å². The number of carbonyl (C=O) groups excluding carboxylic acids is 1. The second kappa shape index (κ2) is 6.07. The highest BCUT2D eigenvalue weighted by atomic mass is 32.2. The Labute approximate surface area is 89.1 Å². The molecule has 1 rings (SSSR count). The van der Waals surface area contributed by atoms with Crippen molar-refractivity contribution >= 4 is 23.3 Å². The van der Waals surface area contributed by atoms with Crippen LogP contribution in [0.1, 0.15) is 5.56 Å². The summed E-state index contributed by atoms with van der Waals surface area (Å²) in [5.41, 5.74) is 0.817. The quantitative estimate of drug-likeness (QED) is 0.461. The van der Waals surface area contributed by atoms with Crippen LogP contribution >= 0.6 is 0 Å². The van der Waals surface area contributed by atoms with Crippen molar-refractivity contribution < 1.29 is 18.4 Å². The van der Waals surface area contributed by atoms with Gasteiger partial charge in [-0.3, -0.25) is 4.21 Å². The third-order valence-corrected chi connectivity index (χ3v) is 1.64. The van der Waals surface area contributed by atoms with E-state index >= 15 is 0 Å². The van der Waals surface area contributed by atoms with Crippen molar-refractivity contribution in [2.75, 3.05) is 0 Å². The fraction of sp³-hybridized carbons (Fsp3) is 0. The van der Waals surface area contributed by atoms with Crippen molar-refractivity contribution in [3.05, 3.63) is 42.0 Å². The standard InChI is InChI=1S/C9H9NO4S/c11-9(14-10-15(12)13)7-6-8-4-2-1-3-5-8/h1-7,10H,(H,12,13)/p-1. The normalized spacial score (nSPS) is 12.6. The molecule has 5 nitrogen and oxygen atoms in total. The number of benzene rings is 1. The minimum Gasteiger partial charge on any atom is -0.758 e. The third-order valence-electron chi connectivity index (χ3n) is 1.42. The van der Waals surface area contributed by atoms with Crippen LogP contribution in [0.4, 0.5) is 0 Å². The van der Waals surface area contributed by atoms with Crippen molar-refractivity contribution in [3.63, 3.8) is 0 Å². The first-order chi connectivity index (χ1) is 7.18. The molecule has 0 fully saturated rings. The van der Waals surface area contributed by atoms with Crippen LogP contribution in [0.25, 0.3) is 6.08 Å². The van der Waals surface area contributed by atoms with Crippen LogP contribution in [-0.2, 0) is 20.9 Å². The smallest absolute Gasteiger partial charge is 0.350 e.